The molecule has 10 heteroatoms. The van der Waals surface area contributed by atoms with Crippen molar-refractivity contribution < 1.29 is 33.3 Å². The molecule has 0 aromatic rings. The Hall–Kier alpha value is -1.91. The normalized spacial score (nSPS) is 12.8. The van der Waals surface area contributed by atoms with E-state index in [0.717, 1.165) is 0 Å². The number of amides is 2. The third kappa shape index (κ3) is 18.1. The molecule has 0 bridgehead atoms. The molecule has 4 N–H and O–H groups in total. The molecule has 1 unspecified atom stereocenters. The smallest absolute Gasteiger partial charge is 0.407 e. The van der Waals surface area contributed by atoms with Gasteiger partial charge in [0.05, 0.1) is 26.4 Å². The zero-order chi connectivity index (χ0) is 23.2. The van der Waals surface area contributed by atoms with Gasteiger partial charge < -0.3 is 35.3 Å². The van der Waals surface area contributed by atoms with Gasteiger partial charge in [0, 0.05) is 19.5 Å². The fourth-order valence-electron chi connectivity index (χ4n) is 1.99. The molecular weight excluding hydrogens is 394 g/mol. The summed E-state index contributed by atoms with van der Waals surface area (Å²) in [4.78, 5) is 34.9. The van der Waals surface area contributed by atoms with Crippen LogP contribution in [0.2, 0.25) is 0 Å². The van der Waals surface area contributed by atoms with E-state index >= 15 is 0 Å². The summed E-state index contributed by atoms with van der Waals surface area (Å²) >= 11 is 0. The maximum Gasteiger partial charge on any atom is 0.407 e. The summed E-state index contributed by atoms with van der Waals surface area (Å²) in [6.45, 7) is 12.8. The highest BCUT2D eigenvalue weighted by atomic mass is 16.6. The van der Waals surface area contributed by atoms with E-state index in [9.17, 15) is 14.4 Å². The molecule has 0 saturated carbocycles. The van der Waals surface area contributed by atoms with Gasteiger partial charge in [0.15, 0.2) is 0 Å². The van der Waals surface area contributed by atoms with Gasteiger partial charge in [0.1, 0.15) is 17.2 Å². The molecule has 0 rings (SSSR count). The van der Waals surface area contributed by atoms with Crippen LogP contribution in [0.1, 0.15) is 54.4 Å². The molecule has 30 heavy (non-hydrogen) atoms. The van der Waals surface area contributed by atoms with Crippen LogP contribution in [-0.4, -0.2) is 74.7 Å². The summed E-state index contributed by atoms with van der Waals surface area (Å²) in [5.41, 5.74) is 4.60. The maximum absolute atomic E-state index is 11.8. The van der Waals surface area contributed by atoms with Gasteiger partial charge in [-0.25, -0.2) is 4.79 Å². The van der Waals surface area contributed by atoms with Crippen LogP contribution in [0.25, 0.3) is 0 Å². The van der Waals surface area contributed by atoms with Crippen molar-refractivity contribution in [2.45, 2.75) is 71.6 Å². The van der Waals surface area contributed by atoms with Crippen molar-refractivity contribution in [3.8, 4) is 0 Å². The molecule has 0 radical (unpaired) electrons. The van der Waals surface area contributed by atoms with E-state index in [4.69, 9.17) is 24.7 Å². The standard InChI is InChI=1S/C20H39N3O7/c1-19(2,3)29-17(25)15(21)7-8-16(24)22-9-11-27-13-14-28-12-10-23-18(26)30-20(4,5)6/h15H,7-14,21H2,1-6H3,(H,22,24)(H,23,26). The van der Waals surface area contributed by atoms with Crippen LogP contribution >= 0.6 is 0 Å². The molecule has 2 amide bonds. The average Bonchev–Trinajstić information content (AvgIpc) is 2.58. The largest absolute Gasteiger partial charge is 0.459 e. The Morgan fingerprint density at radius 2 is 1.30 bits per heavy atom. The molecule has 0 aromatic heterocycles. The summed E-state index contributed by atoms with van der Waals surface area (Å²) in [6, 6.07) is -0.826. The lowest BCUT2D eigenvalue weighted by molar-refractivity contribution is -0.156. The second-order valence-electron chi connectivity index (χ2n) is 8.68. The lowest BCUT2D eigenvalue weighted by atomic mass is 10.1. The monoisotopic (exact) mass is 433 g/mol. The van der Waals surface area contributed by atoms with E-state index in [0.29, 0.717) is 39.5 Å². The van der Waals surface area contributed by atoms with Crippen LogP contribution in [0.5, 0.6) is 0 Å². The maximum atomic E-state index is 11.8. The van der Waals surface area contributed by atoms with Crippen molar-refractivity contribution in [1.82, 2.24) is 10.6 Å². The van der Waals surface area contributed by atoms with E-state index in [1.807, 2.05) is 0 Å². The van der Waals surface area contributed by atoms with E-state index in [1.165, 1.54) is 0 Å². The first-order valence-corrected chi connectivity index (χ1v) is 10.2. The molecule has 0 saturated heterocycles. The van der Waals surface area contributed by atoms with Crippen molar-refractivity contribution in [3.63, 3.8) is 0 Å². The number of nitrogens with two attached hydrogens (primary N) is 1. The van der Waals surface area contributed by atoms with Crippen LogP contribution < -0.4 is 16.4 Å². The average molecular weight is 434 g/mol. The molecule has 0 aliphatic rings. The molecule has 0 heterocycles. The van der Waals surface area contributed by atoms with Gasteiger partial charge in [0.2, 0.25) is 5.91 Å². The number of carbonyl (C=O) groups excluding carboxylic acids is 3. The van der Waals surface area contributed by atoms with Crippen molar-refractivity contribution in [3.05, 3.63) is 0 Å². The molecule has 0 aliphatic heterocycles. The topological polar surface area (TPSA) is 138 Å². The number of hydrogen-bond acceptors (Lipinski definition) is 8. The summed E-state index contributed by atoms with van der Waals surface area (Å²) in [5, 5.41) is 5.28. The third-order valence-electron chi connectivity index (χ3n) is 3.25. The number of carbonyl (C=O) groups is 3. The molecule has 0 aromatic carbocycles. The molecule has 1 atom stereocenters. The molecule has 176 valence electrons. The number of nitrogens with one attached hydrogen (secondary N) is 2. The number of alkyl carbamates (subject to hydrolysis) is 1. The second kappa shape index (κ2) is 14.2. The highest BCUT2D eigenvalue weighted by Crippen LogP contribution is 2.09. The Kier molecular flexibility index (Phi) is 13.3. The Balaban J connectivity index is 3.57. The Morgan fingerprint density at radius 3 is 1.80 bits per heavy atom. The molecule has 0 spiro atoms. The quantitative estimate of drug-likeness (QED) is 0.290. The van der Waals surface area contributed by atoms with E-state index in [2.05, 4.69) is 10.6 Å². The van der Waals surface area contributed by atoms with Gasteiger partial charge in [-0.3, -0.25) is 9.59 Å². The van der Waals surface area contributed by atoms with Crippen LogP contribution in [-0.2, 0) is 28.5 Å². The number of esters is 1. The first kappa shape index (κ1) is 28.1. The zero-order valence-corrected chi connectivity index (χ0v) is 19.2. The van der Waals surface area contributed by atoms with Crippen LogP contribution in [0.4, 0.5) is 4.79 Å². The first-order valence-electron chi connectivity index (χ1n) is 10.2. The predicted octanol–water partition coefficient (Wildman–Crippen LogP) is 1.11. The lowest BCUT2D eigenvalue weighted by Crippen LogP contribution is -2.38. The summed E-state index contributed by atoms with van der Waals surface area (Å²) in [7, 11) is 0. The van der Waals surface area contributed by atoms with Gasteiger partial charge in [-0.05, 0) is 48.0 Å². The summed E-state index contributed by atoms with van der Waals surface area (Å²) < 4.78 is 20.9. The van der Waals surface area contributed by atoms with Crippen molar-refractivity contribution in [1.29, 1.82) is 0 Å². The van der Waals surface area contributed by atoms with Gasteiger partial charge in [-0.1, -0.05) is 0 Å². The van der Waals surface area contributed by atoms with Crippen molar-refractivity contribution in [2.24, 2.45) is 5.73 Å². The predicted molar refractivity (Wildman–Crippen MR) is 112 cm³/mol. The first-order chi connectivity index (χ1) is 13.8. The van der Waals surface area contributed by atoms with Crippen molar-refractivity contribution in [2.75, 3.05) is 39.5 Å². The van der Waals surface area contributed by atoms with Gasteiger partial charge in [-0.2, -0.15) is 0 Å². The van der Waals surface area contributed by atoms with Crippen molar-refractivity contribution >= 4 is 18.0 Å². The number of ether oxygens (including phenoxy) is 4. The Morgan fingerprint density at radius 1 is 0.800 bits per heavy atom. The second-order valence-corrected chi connectivity index (χ2v) is 8.68. The highest BCUT2D eigenvalue weighted by Gasteiger charge is 2.22. The SMILES string of the molecule is CC(C)(C)OC(=O)NCCOCCOCCNC(=O)CCC(N)C(=O)OC(C)(C)C. The molecular formula is C20H39N3O7. The summed E-state index contributed by atoms with van der Waals surface area (Å²) in [5.74, 6) is -0.720. The van der Waals surface area contributed by atoms with Crippen LogP contribution in [0.15, 0.2) is 0 Å². The Labute approximate surface area is 179 Å². The lowest BCUT2D eigenvalue weighted by Gasteiger charge is -2.22. The van der Waals surface area contributed by atoms with E-state index < -0.39 is 29.3 Å². The number of rotatable bonds is 13. The number of hydrogen-bond donors (Lipinski definition) is 3. The minimum Gasteiger partial charge on any atom is -0.459 e. The van der Waals surface area contributed by atoms with Gasteiger partial charge in [0.25, 0.3) is 0 Å². The highest BCUT2D eigenvalue weighted by molar-refractivity contribution is 5.79. The molecule has 10 nitrogen and oxygen atoms in total. The zero-order valence-electron chi connectivity index (χ0n) is 19.2. The van der Waals surface area contributed by atoms with Gasteiger partial charge in [-0.15, -0.1) is 0 Å². The molecule has 0 fully saturated rings. The van der Waals surface area contributed by atoms with E-state index in [-0.39, 0.29) is 18.7 Å². The molecule has 0 aliphatic carbocycles. The van der Waals surface area contributed by atoms with E-state index in [1.54, 1.807) is 41.5 Å². The van der Waals surface area contributed by atoms with Gasteiger partial charge >= 0.3 is 12.1 Å². The fraction of sp³-hybridized carbons (Fsp3) is 0.850. The fourth-order valence-corrected chi connectivity index (χ4v) is 1.99. The Bertz CT molecular complexity index is 527. The van der Waals surface area contributed by atoms with Crippen LogP contribution in [0.3, 0.4) is 0 Å². The minimum absolute atomic E-state index is 0.133. The van der Waals surface area contributed by atoms with Crippen LogP contribution in [0, 0.1) is 0 Å². The minimum atomic E-state index is -0.826. The summed E-state index contributed by atoms with van der Waals surface area (Å²) in [6.07, 6.45) is -0.133. The third-order valence-corrected chi connectivity index (χ3v) is 3.25.